The molecule has 1 heterocycles. The van der Waals surface area contributed by atoms with Crippen LogP contribution in [0.2, 0.25) is 0 Å². The summed E-state index contributed by atoms with van der Waals surface area (Å²) in [5.41, 5.74) is 2.46. The van der Waals surface area contributed by atoms with Crippen LogP contribution in [0.15, 0.2) is 24.3 Å². The van der Waals surface area contributed by atoms with Crippen LogP contribution < -0.4 is 0 Å². The van der Waals surface area contributed by atoms with Gasteiger partial charge < -0.3 is 4.74 Å². The summed E-state index contributed by atoms with van der Waals surface area (Å²) < 4.78 is 31.9. The van der Waals surface area contributed by atoms with Crippen LogP contribution in [0.25, 0.3) is 0 Å². The minimum absolute atomic E-state index is 0.0117. The number of methoxy groups -OCH3 is 1. The fraction of sp³-hybridized carbons (Fsp3) is 0.625. The van der Waals surface area contributed by atoms with Crippen LogP contribution in [0.1, 0.15) is 43.4 Å². The van der Waals surface area contributed by atoms with Gasteiger partial charge in [0.2, 0.25) is 10.0 Å². The van der Waals surface area contributed by atoms with E-state index in [0.29, 0.717) is 19.6 Å². The van der Waals surface area contributed by atoms with Gasteiger partial charge in [0, 0.05) is 26.3 Å². The van der Waals surface area contributed by atoms with Crippen LogP contribution in [0.4, 0.5) is 0 Å². The Labute approximate surface area is 128 Å². The topological polar surface area (TPSA) is 46.6 Å². The molecule has 118 valence electrons. The fourth-order valence-electron chi connectivity index (χ4n) is 3.03. The highest BCUT2D eigenvalue weighted by molar-refractivity contribution is 7.89. The van der Waals surface area contributed by atoms with Crippen LogP contribution in [0.5, 0.6) is 0 Å². The van der Waals surface area contributed by atoms with Gasteiger partial charge >= 0.3 is 0 Å². The van der Waals surface area contributed by atoms with Gasteiger partial charge in [0.25, 0.3) is 0 Å². The second-order valence-corrected chi connectivity index (χ2v) is 7.54. The van der Waals surface area contributed by atoms with Crippen molar-refractivity contribution in [3.05, 3.63) is 35.4 Å². The highest BCUT2D eigenvalue weighted by atomic mass is 32.2. The Morgan fingerprint density at radius 2 is 2.05 bits per heavy atom. The number of rotatable bonds is 7. The predicted molar refractivity (Wildman–Crippen MR) is 84.8 cm³/mol. The predicted octanol–water partition coefficient (Wildman–Crippen LogP) is 2.75. The molecule has 0 saturated heterocycles. The summed E-state index contributed by atoms with van der Waals surface area (Å²) >= 11 is 0. The molecule has 1 aromatic carbocycles. The SMILES string of the molecule is CCC1c2ccccc2CCN1S(=O)(=O)CCCCOC. The van der Waals surface area contributed by atoms with Gasteiger partial charge in [-0.25, -0.2) is 8.42 Å². The number of nitrogens with zero attached hydrogens (tertiary/aromatic N) is 1. The molecule has 2 rings (SSSR count). The van der Waals surface area contributed by atoms with Gasteiger partial charge in [-0.05, 0) is 36.8 Å². The molecule has 0 spiro atoms. The second kappa shape index (κ2) is 7.38. The van der Waals surface area contributed by atoms with Crippen molar-refractivity contribution in [2.24, 2.45) is 0 Å². The molecule has 0 N–H and O–H groups in total. The minimum Gasteiger partial charge on any atom is -0.385 e. The Kier molecular flexibility index (Phi) is 5.79. The lowest BCUT2D eigenvalue weighted by atomic mass is 9.93. The third-order valence-corrected chi connectivity index (χ3v) is 6.06. The fourth-order valence-corrected chi connectivity index (χ4v) is 4.86. The van der Waals surface area contributed by atoms with Crippen molar-refractivity contribution >= 4 is 10.0 Å². The van der Waals surface area contributed by atoms with Crippen molar-refractivity contribution < 1.29 is 13.2 Å². The van der Waals surface area contributed by atoms with E-state index in [1.165, 1.54) is 11.1 Å². The molecule has 1 aromatic rings. The molecule has 0 aliphatic carbocycles. The molecular weight excluding hydrogens is 286 g/mol. The van der Waals surface area contributed by atoms with Crippen molar-refractivity contribution in [3.63, 3.8) is 0 Å². The van der Waals surface area contributed by atoms with Gasteiger partial charge in [0.15, 0.2) is 0 Å². The monoisotopic (exact) mass is 311 g/mol. The zero-order chi connectivity index (χ0) is 15.3. The van der Waals surface area contributed by atoms with E-state index in [2.05, 4.69) is 19.1 Å². The lowest BCUT2D eigenvalue weighted by Crippen LogP contribution is -2.41. The Hall–Kier alpha value is -0.910. The standard InChI is InChI=1S/C16H25NO3S/c1-3-16-15-9-5-4-8-14(15)10-11-17(16)21(18,19)13-7-6-12-20-2/h4-5,8-9,16H,3,6-7,10-13H2,1-2H3. The number of hydrogen-bond donors (Lipinski definition) is 0. The summed E-state index contributed by atoms with van der Waals surface area (Å²) in [6.45, 7) is 3.28. The maximum absolute atomic E-state index is 12.6. The lowest BCUT2D eigenvalue weighted by Gasteiger charge is -2.36. The minimum atomic E-state index is -3.19. The number of unbranched alkanes of at least 4 members (excludes halogenated alkanes) is 1. The van der Waals surface area contributed by atoms with Crippen LogP contribution in [-0.4, -0.2) is 38.7 Å². The quantitative estimate of drug-likeness (QED) is 0.727. The molecule has 1 aliphatic heterocycles. The average Bonchev–Trinajstić information content (AvgIpc) is 2.50. The Morgan fingerprint density at radius 3 is 2.76 bits per heavy atom. The second-order valence-electron chi connectivity index (χ2n) is 5.50. The van der Waals surface area contributed by atoms with Crippen molar-refractivity contribution in [1.82, 2.24) is 4.31 Å². The van der Waals surface area contributed by atoms with E-state index in [0.717, 1.165) is 19.3 Å². The maximum Gasteiger partial charge on any atom is 0.214 e. The Bertz CT molecular complexity index is 556. The Balaban J connectivity index is 2.12. The molecule has 4 nitrogen and oxygen atoms in total. The molecule has 5 heteroatoms. The van der Waals surface area contributed by atoms with Crippen LogP contribution in [0.3, 0.4) is 0 Å². The molecule has 21 heavy (non-hydrogen) atoms. The van der Waals surface area contributed by atoms with E-state index in [4.69, 9.17) is 4.74 Å². The molecule has 1 aliphatic rings. The summed E-state index contributed by atoms with van der Waals surface area (Å²) in [6, 6.07) is 8.19. The van der Waals surface area contributed by atoms with Crippen LogP contribution >= 0.6 is 0 Å². The number of ether oxygens (including phenoxy) is 1. The van der Waals surface area contributed by atoms with E-state index in [-0.39, 0.29) is 11.8 Å². The van der Waals surface area contributed by atoms with Crippen LogP contribution in [0, 0.1) is 0 Å². The summed E-state index contributed by atoms with van der Waals surface area (Å²) in [6.07, 6.45) is 3.07. The third kappa shape index (κ3) is 3.84. The average molecular weight is 311 g/mol. The Morgan fingerprint density at radius 1 is 1.29 bits per heavy atom. The maximum atomic E-state index is 12.6. The van der Waals surface area contributed by atoms with Gasteiger partial charge in [-0.3, -0.25) is 0 Å². The summed E-state index contributed by atoms with van der Waals surface area (Å²) in [5, 5.41) is 0. The van der Waals surface area contributed by atoms with Crippen molar-refractivity contribution in [2.75, 3.05) is 26.0 Å². The summed E-state index contributed by atoms with van der Waals surface area (Å²) in [7, 11) is -1.55. The molecule has 0 fully saturated rings. The lowest BCUT2D eigenvalue weighted by molar-refractivity contribution is 0.194. The van der Waals surface area contributed by atoms with E-state index in [9.17, 15) is 8.42 Å². The molecule has 0 amide bonds. The molecule has 1 unspecified atom stereocenters. The molecule has 0 bridgehead atoms. The van der Waals surface area contributed by atoms with Gasteiger partial charge in [-0.2, -0.15) is 4.31 Å². The first-order chi connectivity index (χ1) is 10.1. The molecule has 0 aromatic heterocycles. The van der Waals surface area contributed by atoms with E-state index >= 15 is 0 Å². The largest absolute Gasteiger partial charge is 0.385 e. The summed E-state index contributed by atoms with van der Waals surface area (Å²) in [5.74, 6) is 0.217. The number of fused-ring (bicyclic) bond motifs is 1. The molecule has 0 saturated carbocycles. The smallest absolute Gasteiger partial charge is 0.214 e. The van der Waals surface area contributed by atoms with E-state index in [1.807, 2.05) is 12.1 Å². The van der Waals surface area contributed by atoms with Gasteiger partial charge in [0.1, 0.15) is 0 Å². The normalized spacial score (nSPS) is 19.4. The van der Waals surface area contributed by atoms with Crippen molar-refractivity contribution in [1.29, 1.82) is 0 Å². The van der Waals surface area contributed by atoms with Gasteiger partial charge in [0.05, 0.1) is 5.75 Å². The van der Waals surface area contributed by atoms with Crippen LogP contribution in [-0.2, 0) is 21.2 Å². The zero-order valence-corrected chi connectivity index (χ0v) is 13.7. The molecule has 1 atom stereocenters. The zero-order valence-electron chi connectivity index (χ0n) is 12.9. The number of hydrogen-bond acceptors (Lipinski definition) is 3. The first-order valence-electron chi connectivity index (χ1n) is 7.66. The number of sulfonamides is 1. The number of benzene rings is 1. The summed E-state index contributed by atoms with van der Waals surface area (Å²) in [4.78, 5) is 0. The van der Waals surface area contributed by atoms with Gasteiger partial charge in [-0.1, -0.05) is 31.2 Å². The van der Waals surface area contributed by atoms with Crippen molar-refractivity contribution in [3.8, 4) is 0 Å². The van der Waals surface area contributed by atoms with Gasteiger partial charge in [-0.15, -0.1) is 0 Å². The highest BCUT2D eigenvalue weighted by Crippen LogP contribution is 2.34. The first-order valence-corrected chi connectivity index (χ1v) is 9.27. The molecule has 0 radical (unpaired) electrons. The highest BCUT2D eigenvalue weighted by Gasteiger charge is 2.33. The first kappa shape index (κ1) is 16.5. The van der Waals surface area contributed by atoms with E-state index < -0.39 is 10.0 Å². The third-order valence-electron chi connectivity index (χ3n) is 4.11. The molecular formula is C16H25NO3S. The van der Waals surface area contributed by atoms with E-state index in [1.54, 1.807) is 11.4 Å². The van der Waals surface area contributed by atoms with Crippen molar-refractivity contribution in [2.45, 2.75) is 38.6 Å².